The van der Waals surface area contributed by atoms with Crippen LogP contribution in [-0.4, -0.2) is 39.1 Å². The Balaban J connectivity index is 1.79. The van der Waals surface area contributed by atoms with Crippen LogP contribution in [0.5, 0.6) is 0 Å². The van der Waals surface area contributed by atoms with Crippen molar-refractivity contribution in [3.05, 3.63) is 21.5 Å². The maximum Gasteiger partial charge on any atom is 0.179 e. The van der Waals surface area contributed by atoms with E-state index in [1.165, 1.54) is 25.9 Å². The molecule has 2 aromatic heterocycles. The fraction of sp³-hybridized carbons (Fsp3) is 0.571. The molecule has 1 unspecified atom stereocenters. The van der Waals surface area contributed by atoms with Crippen LogP contribution in [0.4, 0.5) is 0 Å². The Labute approximate surface area is 132 Å². The zero-order chi connectivity index (χ0) is 14.1. The Hall–Kier alpha value is -0.720. The number of pyridine rings is 1. The molecule has 0 aliphatic carbocycles. The van der Waals surface area contributed by atoms with E-state index < -0.39 is 0 Å². The van der Waals surface area contributed by atoms with Crippen LogP contribution in [0.1, 0.15) is 19.8 Å². The highest BCUT2D eigenvalue weighted by molar-refractivity contribution is 9.10. The molecule has 0 amide bonds. The van der Waals surface area contributed by atoms with Gasteiger partial charge in [0.1, 0.15) is 0 Å². The number of halogens is 1. The van der Waals surface area contributed by atoms with Crippen molar-refractivity contribution in [2.24, 2.45) is 5.92 Å². The van der Waals surface area contributed by atoms with Gasteiger partial charge in [0.15, 0.2) is 10.4 Å². The van der Waals surface area contributed by atoms with Gasteiger partial charge in [-0.3, -0.25) is 0 Å². The van der Waals surface area contributed by atoms with E-state index in [9.17, 15) is 0 Å². The Morgan fingerprint density at radius 1 is 1.40 bits per heavy atom. The molecule has 1 aliphatic rings. The normalized spacial score (nSPS) is 17.9. The number of hydrogen-bond acceptors (Lipinski definition) is 3. The van der Waals surface area contributed by atoms with Gasteiger partial charge in [0.05, 0.1) is 5.52 Å². The highest BCUT2D eigenvalue weighted by Crippen LogP contribution is 2.19. The molecule has 0 radical (unpaired) electrons. The van der Waals surface area contributed by atoms with Gasteiger partial charge in [0, 0.05) is 23.8 Å². The summed E-state index contributed by atoms with van der Waals surface area (Å²) in [6, 6.07) is 2.03. The summed E-state index contributed by atoms with van der Waals surface area (Å²) < 4.78 is 3.86. The standard InChI is InChI=1S/C14H19BrN4S/c1-10(8-18-4-2-3-5-18)9-19-13-12(17-14(19)20)6-11(15)7-16-13/h6-7,10H,2-5,8-9H2,1H3,(H,17,20). The Bertz CT molecular complexity index is 657. The third kappa shape index (κ3) is 2.97. The minimum atomic E-state index is 0.573. The fourth-order valence-corrected chi connectivity index (χ4v) is 3.57. The summed E-state index contributed by atoms with van der Waals surface area (Å²) in [4.78, 5) is 10.3. The number of rotatable bonds is 4. The van der Waals surface area contributed by atoms with Crippen molar-refractivity contribution in [3.8, 4) is 0 Å². The van der Waals surface area contributed by atoms with Crippen molar-refractivity contribution in [1.82, 2.24) is 19.4 Å². The number of imidazole rings is 1. The van der Waals surface area contributed by atoms with Gasteiger partial charge in [-0.2, -0.15) is 0 Å². The summed E-state index contributed by atoms with van der Waals surface area (Å²) in [5.74, 6) is 0.573. The Morgan fingerprint density at radius 2 is 2.15 bits per heavy atom. The van der Waals surface area contributed by atoms with E-state index in [4.69, 9.17) is 12.2 Å². The molecule has 0 spiro atoms. The molecule has 1 aliphatic heterocycles. The number of likely N-dealkylation sites (tertiary alicyclic amines) is 1. The molecule has 3 rings (SSSR count). The quantitative estimate of drug-likeness (QED) is 0.852. The first-order valence-corrected chi connectivity index (χ1v) is 8.30. The summed E-state index contributed by atoms with van der Waals surface area (Å²) in [5, 5.41) is 0. The van der Waals surface area contributed by atoms with Crippen molar-refractivity contribution in [2.75, 3.05) is 19.6 Å². The second kappa shape index (κ2) is 5.95. The van der Waals surface area contributed by atoms with Crippen LogP contribution >= 0.6 is 28.1 Å². The maximum atomic E-state index is 5.44. The van der Waals surface area contributed by atoms with Crippen LogP contribution in [-0.2, 0) is 6.54 Å². The van der Waals surface area contributed by atoms with Crippen LogP contribution in [0.15, 0.2) is 16.7 Å². The maximum absolute atomic E-state index is 5.44. The number of hydrogen-bond donors (Lipinski definition) is 1. The van der Waals surface area contributed by atoms with Crippen LogP contribution in [0.3, 0.4) is 0 Å². The predicted molar refractivity (Wildman–Crippen MR) is 87.5 cm³/mol. The summed E-state index contributed by atoms with van der Waals surface area (Å²) in [5.41, 5.74) is 1.95. The molecule has 2 aromatic rings. The monoisotopic (exact) mass is 354 g/mol. The number of fused-ring (bicyclic) bond motifs is 1. The van der Waals surface area contributed by atoms with E-state index in [0.717, 1.165) is 33.5 Å². The van der Waals surface area contributed by atoms with E-state index in [1.807, 2.05) is 12.3 Å². The zero-order valence-corrected chi connectivity index (χ0v) is 14.0. The lowest BCUT2D eigenvalue weighted by Crippen LogP contribution is -2.27. The van der Waals surface area contributed by atoms with E-state index >= 15 is 0 Å². The molecule has 108 valence electrons. The number of nitrogens with zero attached hydrogens (tertiary/aromatic N) is 3. The predicted octanol–water partition coefficient (Wildman–Crippen LogP) is 3.59. The molecule has 0 bridgehead atoms. The molecular formula is C14H19BrN4S. The van der Waals surface area contributed by atoms with Crippen molar-refractivity contribution >= 4 is 39.3 Å². The number of aromatic amines is 1. The summed E-state index contributed by atoms with van der Waals surface area (Å²) in [6.07, 6.45) is 4.51. The first-order chi connectivity index (χ1) is 9.63. The molecule has 20 heavy (non-hydrogen) atoms. The highest BCUT2D eigenvalue weighted by Gasteiger charge is 2.16. The Morgan fingerprint density at radius 3 is 2.90 bits per heavy atom. The lowest BCUT2D eigenvalue weighted by atomic mass is 10.1. The fourth-order valence-electron chi connectivity index (χ4n) is 2.96. The third-order valence-electron chi connectivity index (χ3n) is 3.84. The van der Waals surface area contributed by atoms with Crippen molar-refractivity contribution in [2.45, 2.75) is 26.3 Å². The zero-order valence-electron chi connectivity index (χ0n) is 11.6. The average Bonchev–Trinajstić information content (AvgIpc) is 2.98. The lowest BCUT2D eigenvalue weighted by Gasteiger charge is -2.20. The van der Waals surface area contributed by atoms with E-state index in [2.05, 4.69) is 42.3 Å². The van der Waals surface area contributed by atoms with Gasteiger partial charge in [-0.25, -0.2) is 4.98 Å². The van der Waals surface area contributed by atoms with Crippen LogP contribution in [0.2, 0.25) is 0 Å². The molecule has 1 fully saturated rings. The highest BCUT2D eigenvalue weighted by atomic mass is 79.9. The molecule has 6 heteroatoms. The number of H-pyrrole nitrogens is 1. The molecule has 1 atom stereocenters. The molecule has 0 saturated carbocycles. The third-order valence-corrected chi connectivity index (χ3v) is 4.59. The smallest absolute Gasteiger partial charge is 0.179 e. The second-order valence-corrected chi connectivity index (χ2v) is 6.98. The van der Waals surface area contributed by atoms with Crippen LogP contribution in [0.25, 0.3) is 11.2 Å². The van der Waals surface area contributed by atoms with E-state index in [-0.39, 0.29) is 0 Å². The lowest BCUT2D eigenvalue weighted by molar-refractivity contribution is 0.272. The van der Waals surface area contributed by atoms with E-state index in [0.29, 0.717) is 5.92 Å². The topological polar surface area (TPSA) is 36.9 Å². The number of aromatic nitrogens is 3. The molecule has 3 heterocycles. The van der Waals surface area contributed by atoms with Gasteiger partial charge in [-0.1, -0.05) is 6.92 Å². The molecule has 4 nitrogen and oxygen atoms in total. The van der Waals surface area contributed by atoms with Gasteiger partial charge in [0.2, 0.25) is 0 Å². The number of nitrogens with one attached hydrogen (secondary N) is 1. The van der Waals surface area contributed by atoms with Crippen molar-refractivity contribution in [1.29, 1.82) is 0 Å². The summed E-state index contributed by atoms with van der Waals surface area (Å²) >= 11 is 8.88. The first-order valence-electron chi connectivity index (χ1n) is 7.10. The summed E-state index contributed by atoms with van der Waals surface area (Å²) in [7, 11) is 0. The minimum absolute atomic E-state index is 0.573. The van der Waals surface area contributed by atoms with Gasteiger partial charge in [-0.15, -0.1) is 0 Å². The largest absolute Gasteiger partial charge is 0.329 e. The van der Waals surface area contributed by atoms with E-state index in [1.54, 1.807) is 0 Å². The van der Waals surface area contributed by atoms with Crippen molar-refractivity contribution in [3.63, 3.8) is 0 Å². The van der Waals surface area contributed by atoms with Crippen LogP contribution < -0.4 is 0 Å². The molecule has 1 N–H and O–H groups in total. The van der Waals surface area contributed by atoms with Crippen LogP contribution in [0, 0.1) is 10.7 Å². The molecule has 1 saturated heterocycles. The second-order valence-electron chi connectivity index (χ2n) is 5.68. The molecular weight excluding hydrogens is 336 g/mol. The van der Waals surface area contributed by atoms with Gasteiger partial charge in [0.25, 0.3) is 0 Å². The minimum Gasteiger partial charge on any atom is -0.329 e. The van der Waals surface area contributed by atoms with Crippen molar-refractivity contribution < 1.29 is 0 Å². The average molecular weight is 355 g/mol. The molecule has 0 aromatic carbocycles. The Kier molecular flexibility index (Phi) is 4.23. The SMILES string of the molecule is CC(CN1CCCC1)Cn1c(=S)[nH]c2cc(Br)cnc21. The van der Waals surface area contributed by atoms with Gasteiger partial charge >= 0.3 is 0 Å². The van der Waals surface area contributed by atoms with Gasteiger partial charge < -0.3 is 14.5 Å². The first kappa shape index (κ1) is 14.2. The van der Waals surface area contributed by atoms with Gasteiger partial charge in [-0.05, 0) is 66.1 Å². The summed E-state index contributed by atoms with van der Waals surface area (Å²) in [6.45, 7) is 6.84.